The highest BCUT2D eigenvalue weighted by Crippen LogP contribution is 2.15. The minimum Gasteiger partial charge on any atom is -0.480 e. The number of hydrogen-bond acceptors (Lipinski definition) is 6. The molecule has 0 aliphatic carbocycles. The Hall–Kier alpha value is -3.20. The van der Waals surface area contributed by atoms with E-state index in [1.54, 1.807) is 0 Å². The van der Waals surface area contributed by atoms with E-state index in [-0.39, 0.29) is 30.9 Å². The van der Waals surface area contributed by atoms with Crippen molar-refractivity contribution in [1.29, 1.82) is 0 Å². The Morgan fingerprint density at radius 2 is 1.04 bits per heavy atom. The number of unbranched alkanes of at least 4 members (excludes halogenated alkanes) is 19. The topological polar surface area (TPSA) is 142 Å². The number of aliphatic hydroxyl groups is 1. The third-order valence-electron chi connectivity index (χ3n) is 9.53. The number of carbonyl (C=O) groups excluding carboxylic acids is 3. The van der Waals surface area contributed by atoms with Crippen molar-refractivity contribution in [1.82, 2.24) is 10.6 Å². The van der Waals surface area contributed by atoms with Crippen molar-refractivity contribution >= 4 is 23.8 Å². The van der Waals surface area contributed by atoms with E-state index in [4.69, 9.17) is 14.9 Å². The molecule has 2 atom stereocenters. The van der Waals surface area contributed by atoms with Gasteiger partial charge in [0.25, 0.3) is 0 Å². The standard InChI is InChI=1S/C46H80N2O7/c1-3-5-7-9-11-13-15-16-17-18-19-21-23-25-30-34-38-45(52)55-41(35-31-27-24-22-20-14-12-10-8-6-4-2)36-32-28-26-29-33-37-43(50)47-39-44(51)48-42(40-49)46(53)54/h12,14,17-18,22,24,31,35,41-42,49H,3-11,13,15-16,19-21,23,25-30,32-34,36-40H2,1-2H3,(H,47,50)(H,48,51)(H,53,54)/b14-12-,18-17-,24-22-,35-31-. The summed E-state index contributed by atoms with van der Waals surface area (Å²) in [5.74, 6) is -2.40. The number of amides is 2. The molecule has 0 radical (unpaired) electrons. The summed E-state index contributed by atoms with van der Waals surface area (Å²) in [6.45, 7) is 3.43. The number of esters is 1. The van der Waals surface area contributed by atoms with E-state index in [1.165, 1.54) is 83.5 Å². The average Bonchev–Trinajstić information content (AvgIpc) is 3.17. The lowest BCUT2D eigenvalue weighted by Gasteiger charge is -2.15. The Balaban J connectivity index is 4.40. The number of carbonyl (C=O) groups is 4. The molecule has 0 aliphatic heterocycles. The maximum absolute atomic E-state index is 12.7. The highest BCUT2D eigenvalue weighted by atomic mass is 16.5. The number of ether oxygens (including phenoxy) is 1. The molecule has 2 unspecified atom stereocenters. The fourth-order valence-electron chi connectivity index (χ4n) is 6.10. The first-order valence-corrected chi connectivity index (χ1v) is 22.0. The van der Waals surface area contributed by atoms with E-state index in [0.29, 0.717) is 12.8 Å². The number of rotatable bonds is 39. The first-order valence-electron chi connectivity index (χ1n) is 22.0. The minimum absolute atomic E-state index is 0.124. The first kappa shape index (κ1) is 51.8. The molecule has 0 bridgehead atoms. The largest absolute Gasteiger partial charge is 0.480 e. The van der Waals surface area contributed by atoms with Crippen molar-refractivity contribution in [3.8, 4) is 0 Å². The van der Waals surface area contributed by atoms with Gasteiger partial charge in [0.2, 0.25) is 11.8 Å². The molecule has 0 aromatic carbocycles. The second-order valence-corrected chi connectivity index (χ2v) is 14.8. The Labute approximate surface area is 335 Å². The average molecular weight is 773 g/mol. The van der Waals surface area contributed by atoms with Crippen molar-refractivity contribution < 1.29 is 34.1 Å². The lowest BCUT2D eigenvalue weighted by molar-refractivity contribution is -0.147. The summed E-state index contributed by atoms with van der Waals surface area (Å²) in [5, 5.41) is 22.5. The van der Waals surface area contributed by atoms with Crippen LogP contribution in [0.5, 0.6) is 0 Å². The SMILES string of the molecule is CCCCC/C=C\C/C=C\C/C=C\C(CCCCCCCC(=O)NCC(=O)NC(CO)C(=O)O)OC(=O)CCCCCCC/C=C\CCCCCCCCC. The van der Waals surface area contributed by atoms with Gasteiger partial charge in [-0.25, -0.2) is 4.79 Å². The number of aliphatic carboxylic acids is 1. The zero-order valence-electron chi connectivity index (χ0n) is 34.9. The molecule has 4 N–H and O–H groups in total. The van der Waals surface area contributed by atoms with Gasteiger partial charge in [-0.3, -0.25) is 14.4 Å². The number of nitrogens with one attached hydrogen (secondary N) is 2. The van der Waals surface area contributed by atoms with Crippen LogP contribution in [0.2, 0.25) is 0 Å². The molecule has 0 aliphatic rings. The molecular weight excluding hydrogens is 693 g/mol. The van der Waals surface area contributed by atoms with Gasteiger partial charge in [-0.15, -0.1) is 0 Å². The predicted molar refractivity (Wildman–Crippen MR) is 227 cm³/mol. The van der Waals surface area contributed by atoms with E-state index >= 15 is 0 Å². The van der Waals surface area contributed by atoms with Crippen molar-refractivity contribution in [2.24, 2.45) is 0 Å². The third-order valence-corrected chi connectivity index (χ3v) is 9.53. The van der Waals surface area contributed by atoms with Crippen LogP contribution in [0.3, 0.4) is 0 Å². The van der Waals surface area contributed by atoms with Gasteiger partial charge < -0.3 is 25.6 Å². The van der Waals surface area contributed by atoms with E-state index in [0.717, 1.165) is 77.0 Å². The quantitative estimate of drug-likeness (QED) is 0.0277. The summed E-state index contributed by atoms with van der Waals surface area (Å²) >= 11 is 0. The zero-order valence-corrected chi connectivity index (χ0v) is 34.9. The maximum atomic E-state index is 12.7. The summed E-state index contributed by atoms with van der Waals surface area (Å²) in [6.07, 6.45) is 47.2. The predicted octanol–water partition coefficient (Wildman–Crippen LogP) is 10.8. The molecule has 0 aromatic heterocycles. The number of carboxylic acids is 1. The van der Waals surface area contributed by atoms with Crippen LogP contribution in [0.15, 0.2) is 48.6 Å². The summed E-state index contributed by atoms with van der Waals surface area (Å²) in [6, 6.07) is -1.39. The van der Waals surface area contributed by atoms with E-state index in [2.05, 4.69) is 67.0 Å². The summed E-state index contributed by atoms with van der Waals surface area (Å²) in [5.41, 5.74) is 0. The highest BCUT2D eigenvalue weighted by molar-refractivity contribution is 5.87. The lowest BCUT2D eigenvalue weighted by Crippen LogP contribution is -2.47. The monoisotopic (exact) mass is 773 g/mol. The summed E-state index contributed by atoms with van der Waals surface area (Å²) in [7, 11) is 0. The molecule has 0 rings (SSSR count). The fourth-order valence-corrected chi connectivity index (χ4v) is 6.10. The Kier molecular flexibility index (Phi) is 38.1. The molecule has 9 nitrogen and oxygen atoms in total. The Morgan fingerprint density at radius 3 is 1.64 bits per heavy atom. The van der Waals surface area contributed by atoms with Crippen LogP contribution in [0.4, 0.5) is 0 Å². The van der Waals surface area contributed by atoms with Crippen molar-refractivity contribution in [3.05, 3.63) is 48.6 Å². The van der Waals surface area contributed by atoms with Crippen LogP contribution < -0.4 is 10.6 Å². The Morgan fingerprint density at radius 1 is 0.564 bits per heavy atom. The second kappa shape index (κ2) is 40.5. The maximum Gasteiger partial charge on any atom is 0.328 e. The summed E-state index contributed by atoms with van der Waals surface area (Å²) < 4.78 is 5.91. The van der Waals surface area contributed by atoms with Crippen molar-refractivity contribution in [2.75, 3.05) is 13.2 Å². The van der Waals surface area contributed by atoms with Crippen LogP contribution >= 0.6 is 0 Å². The van der Waals surface area contributed by atoms with Crippen molar-refractivity contribution in [3.63, 3.8) is 0 Å². The van der Waals surface area contributed by atoms with E-state index in [9.17, 15) is 19.2 Å². The highest BCUT2D eigenvalue weighted by Gasteiger charge is 2.18. The third kappa shape index (κ3) is 37.5. The molecule has 0 aromatic rings. The molecule has 0 saturated heterocycles. The van der Waals surface area contributed by atoms with E-state index < -0.39 is 24.5 Å². The molecule has 2 amide bonds. The van der Waals surface area contributed by atoms with Gasteiger partial charge >= 0.3 is 11.9 Å². The Bertz CT molecular complexity index is 1070. The van der Waals surface area contributed by atoms with Crippen LogP contribution in [0.25, 0.3) is 0 Å². The first-order chi connectivity index (χ1) is 26.8. The van der Waals surface area contributed by atoms with Gasteiger partial charge in [-0.2, -0.15) is 0 Å². The van der Waals surface area contributed by atoms with Gasteiger partial charge in [0.1, 0.15) is 12.1 Å². The smallest absolute Gasteiger partial charge is 0.328 e. The van der Waals surface area contributed by atoms with Gasteiger partial charge in [-0.1, -0.05) is 146 Å². The molecule has 55 heavy (non-hydrogen) atoms. The fraction of sp³-hybridized carbons (Fsp3) is 0.739. The van der Waals surface area contributed by atoms with Crippen molar-refractivity contribution in [2.45, 2.75) is 206 Å². The minimum atomic E-state index is -1.39. The lowest BCUT2D eigenvalue weighted by atomic mass is 10.1. The van der Waals surface area contributed by atoms with Crippen LogP contribution in [0.1, 0.15) is 194 Å². The molecule has 316 valence electrons. The van der Waals surface area contributed by atoms with Crippen LogP contribution in [0, 0.1) is 0 Å². The van der Waals surface area contributed by atoms with Gasteiger partial charge in [-0.05, 0) is 83.1 Å². The van der Waals surface area contributed by atoms with Crippen LogP contribution in [-0.2, 0) is 23.9 Å². The number of carboxylic acid groups (broad SMARTS) is 1. The molecular formula is C46H80N2O7. The van der Waals surface area contributed by atoms with Gasteiger partial charge in [0.15, 0.2) is 0 Å². The number of aliphatic hydroxyl groups excluding tert-OH is 1. The number of allylic oxidation sites excluding steroid dienone is 7. The van der Waals surface area contributed by atoms with Gasteiger partial charge in [0.05, 0.1) is 13.2 Å². The van der Waals surface area contributed by atoms with E-state index in [1.807, 2.05) is 6.08 Å². The van der Waals surface area contributed by atoms with Crippen LogP contribution in [-0.4, -0.2) is 59.3 Å². The second-order valence-electron chi connectivity index (χ2n) is 14.8. The number of hydrogen-bond donors (Lipinski definition) is 4. The summed E-state index contributed by atoms with van der Waals surface area (Å²) in [4.78, 5) is 47.5. The molecule has 9 heteroatoms. The normalized spacial score (nSPS) is 12.9. The zero-order chi connectivity index (χ0) is 40.5. The molecule has 0 saturated carbocycles. The molecule has 0 fully saturated rings. The van der Waals surface area contributed by atoms with Gasteiger partial charge in [0, 0.05) is 12.8 Å². The molecule has 0 spiro atoms. The molecule has 0 heterocycles.